The molecule has 1 aromatic carbocycles. The molecule has 0 aliphatic carbocycles. The molecular formula is C17H20N4O4S. The van der Waals surface area contributed by atoms with Crippen LogP contribution in [0.15, 0.2) is 42.5 Å². The molecule has 0 unspecified atom stereocenters. The third-order valence-electron chi connectivity index (χ3n) is 4.30. The molecule has 1 saturated heterocycles. The monoisotopic (exact) mass is 376 g/mol. The van der Waals surface area contributed by atoms with Crippen LogP contribution in [-0.4, -0.2) is 43.7 Å². The first kappa shape index (κ1) is 18.3. The van der Waals surface area contributed by atoms with Gasteiger partial charge >= 0.3 is 0 Å². The molecule has 1 fully saturated rings. The predicted octanol–water partition coefficient (Wildman–Crippen LogP) is 2.17. The van der Waals surface area contributed by atoms with E-state index in [1.54, 1.807) is 18.2 Å². The zero-order chi connectivity index (χ0) is 18.7. The number of aromatic nitrogens is 1. The maximum atomic E-state index is 11.4. The lowest BCUT2D eigenvalue weighted by atomic mass is 10.1. The van der Waals surface area contributed by atoms with Crippen molar-refractivity contribution in [2.75, 3.05) is 24.2 Å². The van der Waals surface area contributed by atoms with Crippen molar-refractivity contribution >= 4 is 21.5 Å². The first-order chi connectivity index (χ1) is 12.3. The molecule has 0 radical (unpaired) electrons. The molecule has 9 heteroatoms. The second-order valence-corrected chi connectivity index (χ2v) is 8.09. The maximum absolute atomic E-state index is 11.4. The third kappa shape index (κ3) is 4.36. The summed E-state index contributed by atoms with van der Waals surface area (Å²) in [6.07, 6.45) is 2.47. The van der Waals surface area contributed by atoms with Crippen LogP contribution in [0.1, 0.15) is 12.8 Å². The normalized spacial score (nSPS) is 15.8. The van der Waals surface area contributed by atoms with Crippen LogP contribution in [0.5, 0.6) is 0 Å². The summed E-state index contributed by atoms with van der Waals surface area (Å²) in [7, 11) is -3.22. The number of anilines is 1. The lowest BCUT2D eigenvalue weighted by Gasteiger charge is -2.32. The SMILES string of the molecule is CS(=O)(=O)NC1CCN(c2ccc([N+](=O)[O-])c(-c3ccccc3)n2)CC1. The maximum Gasteiger partial charge on any atom is 0.295 e. The Bertz CT molecular complexity index is 894. The number of benzene rings is 1. The number of piperidine rings is 1. The van der Waals surface area contributed by atoms with Crippen molar-refractivity contribution in [3.8, 4) is 11.3 Å². The number of nitrogens with zero attached hydrogens (tertiary/aromatic N) is 3. The number of sulfonamides is 1. The Hall–Kier alpha value is -2.52. The fraction of sp³-hybridized carbons (Fsp3) is 0.353. The molecule has 0 spiro atoms. The smallest absolute Gasteiger partial charge is 0.295 e. The fourth-order valence-electron chi connectivity index (χ4n) is 3.10. The molecule has 1 aliphatic heterocycles. The fourth-order valence-corrected chi connectivity index (χ4v) is 3.94. The van der Waals surface area contributed by atoms with E-state index in [-0.39, 0.29) is 11.7 Å². The molecule has 3 rings (SSSR count). The summed E-state index contributed by atoms with van der Waals surface area (Å²) in [5, 5.41) is 11.3. The summed E-state index contributed by atoms with van der Waals surface area (Å²) < 4.78 is 25.3. The quantitative estimate of drug-likeness (QED) is 0.633. The van der Waals surface area contributed by atoms with E-state index >= 15 is 0 Å². The van der Waals surface area contributed by atoms with Crippen molar-refractivity contribution in [3.05, 3.63) is 52.6 Å². The van der Waals surface area contributed by atoms with Gasteiger partial charge in [-0.05, 0) is 18.9 Å². The van der Waals surface area contributed by atoms with Crippen molar-refractivity contribution in [1.82, 2.24) is 9.71 Å². The first-order valence-corrected chi connectivity index (χ1v) is 10.2. The molecule has 0 atom stereocenters. The Morgan fingerprint density at radius 1 is 1.15 bits per heavy atom. The number of pyridine rings is 1. The second-order valence-electron chi connectivity index (χ2n) is 6.31. The van der Waals surface area contributed by atoms with Gasteiger partial charge in [-0.1, -0.05) is 30.3 Å². The summed E-state index contributed by atoms with van der Waals surface area (Å²) >= 11 is 0. The summed E-state index contributed by atoms with van der Waals surface area (Å²) in [4.78, 5) is 17.5. The van der Waals surface area contributed by atoms with Gasteiger partial charge in [-0.25, -0.2) is 18.1 Å². The van der Waals surface area contributed by atoms with Gasteiger partial charge in [-0.3, -0.25) is 10.1 Å². The molecule has 0 bridgehead atoms. The highest BCUT2D eigenvalue weighted by Crippen LogP contribution is 2.31. The second kappa shape index (κ2) is 7.38. The number of nitro groups is 1. The Kier molecular flexibility index (Phi) is 5.19. The predicted molar refractivity (Wildman–Crippen MR) is 99.5 cm³/mol. The van der Waals surface area contributed by atoms with Crippen LogP contribution < -0.4 is 9.62 Å². The highest BCUT2D eigenvalue weighted by molar-refractivity contribution is 7.88. The molecule has 2 aromatic rings. The minimum Gasteiger partial charge on any atom is -0.356 e. The van der Waals surface area contributed by atoms with E-state index in [1.165, 1.54) is 6.07 Å². The van der Waals surface area contributed by atoms with Gasteiger partial charge in [0.05, 0.1) is 11.2 Å². The van der Waals surface area contributed by atoms with Crippen LogP contribution >= 0.6 is 0 Å². The van der Waals surface area contributed by atoms with Crippen LogP contribution in [0.3, 0.4) is 0 Å². The first-order valence-electron chi connectivity index (χ1n) is 8.26. The molecule has 1 aliphatic rings. The van der Waals surface area contributed by atoms with Gasteiger partial charge in [0, 0.05) is 30.8 Å². The number of nitrogens with one attached hydrogen (secondary N) is 1. The van der Waals surface area contributed by atoms with Crippen LogP contribution in [-0.2, 0) is 10.0 Å². The zero-order valence-corrected chi connectivity index (χ0v) is 15.1. The van der Waals surface area contributed by atoms with E-state index in [2.05, 4.69) is 9.71 Å². The Labute approximate surface area is 152 Å². The molecule has 1 aromatic heterocycles. The topological polar surface area (TPSA) is 105 Å². The van der Waals surface area contributed by atoms with Crippen molar-refractivity contribution < 1.29 is 13.3 Å². The van der Waals surface area contributed by atoms with Gasteiger partial charge in [0.1, 0.15) is 5.82 Å². The van der Waals surface area contributed by atoms with Crippen LogP contribution in [0, 0.1) is 10.1 Å². The minimum absolute atomic E-state index is 0.0337. The standard InChI is InChI=1S/C17H20N4O4S/c1-26(24,25)19-14-9-11-20(12-10-14)16-8-7-15(21(22)23)17(18-16)13-5-3-2-4-6-13/h2-8,14,19H,9-12H2,1H3. The lowest BCUT2D eigenvalue weighted by Crippen LogP contribution is -2.44. The Morgan fingerprint density at radius 3 is 2.38 bits per heavy atom. The summed E-state index contributed by atoms with van der Waals surface area (Å²) in [6, 6.07) is 12.1. The average molecular weight is 376 g/mol. The highest BCUT2D eigenvalue weighted by atomic mass is 32.2. The zero-order valence-electron chi connectivity index (χ0n) is 14.3. The summed E-state index contributed by atoms with van der Waals surface area (Å²) in [6.45, 7) is 1.26. The van der Waals surface area contributed by atoms with E-state index in [4.69, 9.17) is 0 Å². The van der Waals surface area contributed by atoms with Crippen LogP contribution in [0.4, 0.5) is 11.5 Å². The van der Waals surface area contributed by atoms with Crippen molar-refractivity contribution in [1.29, 1.82) is 0 Å². The molecule has 0 saturated carbocycles. The van der Waals surface area contributed by atoms with Crippen molar-refractivity contribution in [3.63, 3.8) is 0 Å². The molecule has 1 N–H and O–H groups in total. The molecule has 138 valence electrons. The third-order valence-corrected chi connectivity index (χ3v) is 5.06. The number of rotatable bonds is 5. The number of hydrogen-bond acceptors (Lipinski definition) is 6. The molecular weight excluding hydrogens is 356 g/mol. The van der Waals surface area contributed by atoms with Gasteiger partial charge in [0.25, 0.3) is 5.69 Å². The number of hydrogen-bond donors (Lipinski definition) is 1. The summed E-state index contributed by atoms with van der Waals surface area (Å²) in [5.74, 6) is 0.659. The van der Waals surface area contributed by atoms with Crippen LogP contribution in [0.2, 0.25) is 0 Å². The summed E-state index contributed by atoms with van der Waals surface area (Å²) in [5.41, 5.74) is 0.993. The highest BCUT2D eigenvalue weighted by Gasteiger charge is 2.24. The van der Waals surface area contributed by atoms with Gasteiger partial charge in [0.15, 0.2) is 5.69 Å². The van der Waals surface area contributed by atoms with E-state index in [0.29, 0.717) is 43.0 Å². The van der Waals surface area contributed by atoms with Gasteiger partial charge < -0.3 is 4.90 Å². The largest absolute Gasteiger partial charge is 0.356 e. The Morgan fingerprint density at radius 2 is 1.81 bits per heavy atom. The van der Waals surface area contributed by atoms with Gasteiger partial charge in [-0.15, -0.1) is 0 Å². The Balaban J connectivity index is 1.83. The van der Waals surface area contributed by atoms with E-state index in [9.17, 15) is 18.5 Å². The van der Waals surface area contributed by atoms with E-state index in [0.717, 1.165) is 6.26 Å². The van der Waals surface area contributed by atoms with E-state index in [1.807, 2.05) is 23.1 Å². The molecule has 26 heavy (non-hydrogen) atoms. The van der Waals surface area contributed by atoms with Crippen molar-refractivity contribution in [2.45, 2.75) is 18.9 Å². The van der Waals surface area contributed by atoms with Gasteiger partial charge in [0.2, 0.25) is 10.0 Å². The van der Waals surface area contributed by atoms with Gasteiger partial charge in [-0.2, -0.15) is 0 Å². The molecule has 8 nitrogen and oxygen atoms in total. The minimum atomic E-state index is -3.22. The molecule has 2 heterocycles. The molecule has 0 amide bonds. The van der Waals surface area contributed by atoms with E-state index < -0.39 is 14.9 Å². The lowest BCUT2D eigenvalue weighted by molar-refractivity contribution is -0.384. The van der Waals surface area contributed by atoms with Crippen LogP contribution in [0.25, 0.3) is 11.3 Å². The van der Waals surface area contributed by atoms with Crippen molar-refractivity contribution in [2.24, 2.45) is 0 Å². The average Bonchev–Trinajstić information content (AvgIpc) is 2.61.